The van der Waals surface area contributed by atoms with E-state index in [1.165, 1.54) is 0 Å². The first-order valence-electron chi connectivity index (χ1n) is 12.2. The van der Waals surface area contributed by atoms with Gasteiger partial charge in [-0.25, -0.2) is 0 Å². The predicted octanol–water partition coefficient (Wildman–Crippen LogP) is 4.49. The quantitative estimate of drug-likeness (QED) is 0.123. The van der Waals surface area contributed by atoms with Gasteiger partial charge in [0.15, 0.2) is 0 Å². The van der Waals surface area contributed by atoms with Crippen LogP contribution in [0.2, 0.25) is 0 Å². The van der Waals surface area contributed by atoms with Gasteiger partial charge < -0.3 is 37.9 Å². The molecule has 0 N–H and O–H groups in total. The SMILES string of the molecule is BrCCOCCOCCOCCOc1cccc2c(OCCOCCOCCOCCBr)cccc12. The van der Waals surface area contributed by atoms with Crippen LogP contribution >= 0.6 is 31.9 Å². The highest BCUT2D eigenvalue weighted by Gasteiger charge is 2.07. The number of fused-ring (bicyclic) bond motifs is 1. The molecule has 0 aromatic heterocycles. The third-order valence-corrected chi connectivity index (χ3v) is 5.39. The summed E-state index contributed by atoms with van der Waals surface area (Å²) in [5.74, 6) is 1.60. The van der Waals surface area contributed by atoms with Crippen LogP contribution in [0.5, 0.6) is 11.5 Å². The van der Waals surface area contributed by atoms with E-state index >= 15 is 0 Å². The standard InChI is InChI=1S/C26H38Br2O8/c27-7-9-29-11-13-31-15-17-33-19-21-35-25-5-1-3-23-24(25)4-2-6-26(23)36-22-20-34-18-16-32-14-12-30-10-8-28/h1-6H,7-22H2. The van der Waals surface area contributed by atoms with Crippen molar-refractivity contribution in [3.05, 3.63) is 36.4 Å². The molecule has 2 rings (SSSR count). The molecular formula is C26H38Br2O8. The zero-order valence-corrected chi connectivity index (χ0v) is 24.0. The molecule has 0 aliphatic heterocycles. The van der Waals surface area contributed by atoms with Gasteiger partial charge in [0.2, 0.25) is 0 Å². The number of ether oxygens (including phenoxy) is 8. The zero-order valence-electron chi connectivity index (χ0n) is 20.8. The third kappa shape index (κ3) is 14.1. The average molecular weight is 638 g/mol. The molecule has 36 heavy (non-hydrogen) atoms. The minimum atomic E-state index is 0.455. The van der Waals surface area contributed by atoms with Crippen molar-refractivity contribution in [2.45, 2.75) is 0 Å². The lowest BCUT2D eigenvalue weighted by molar-refractivity contribution is 0.0119. The first kappa shape index (κ1) is 31.2. The summed E-state index contributed by atoms with van der Waals surface area (Å²) in [5.41, 5.74) is 0. The molecule has 0 heterocycles. The fourth-order valence-electron chi connectivity index (χ4n) is 3.12. The Morgan fingerprint density at radius 1 is 0.389 bits per heavy atom. The summed E-state index contributed by atoms with van der Waals surface area (Å²) in [4.78, 5) is 0. The molecule has 0 bridgehead atoms. The Hall–Kier alpha value is -0.980. The lowest BCUT2D eigenvalue weighted by atomic mass is 10.1. The van der Waals surface area contributed by atoms with Gasteiger partial charge in [-0.15, -0.1) is 0 Å². The minimum absolute atomic E-state index is 0.455. The van der Waals surface area contributed by atoms with Crippen LogP contribution in [0.25, 0.3) is 10.8 Å². The lowest BCUT2D eigenvalue weighted by Gasteiger charge is -2.13. The molecule has 0 aliphatic rings. The maximum atomic E-state index is 5.96. The summed E-state index contributed by atoms with van der Waals surface area (Å²) in [6.07, 6.45) is 0. The highest BCUT2D eigenvalue weighted by molar-refractivity contribution is 9.09. The van der Waals surface area contributed by atoms with Crippen LogP contribution in [0.1, 0.15) is 0 Å². The summed E-state index contributed by atoms with van der Waals surface area (Å²) in [7, 11) is 0. The van der Waals surface area contributed by atoms with Crippen molar-refractivity contribution < 1.29 is 37.9 Å². The van der Waals surface area contributed by atoms with E-state index in [2.05, 4.69) is 31.9 Å². The van der Waals surface area contributed by atoms with Crippen LogP contribution in [0.15, 0.2) is 36.4 Å². The van der Waals surface area contributed by atoms with E-state index in [0.29, 0.717) is 92.5 Å². The van der Waals surface area contributed by atoms with Crippen molar-refractivity contribution in [1.29, 1.82) is 0 Å². The van der Waals surface area contributed by atoms with E-state index in [9.17, 15) is 0 Å². The largest absolute Gasteiger partial charge is 0.491 e. The van der Waals surface area contributed by atoms with E-state index in [1.807, 2.05) is 36.4 Å². The fraction of sp³-hybridized carbons (Fsp3) is 0.615. The highest BCUT2D eigenvalue weighted by Crippen LogP contribution is 2.32. The summed E-state index contributed by atoms with van der Waals surface area (Å²) >= 11 is 6.63. The molecular weight excluding hydrogens is 600 g/mol. The Morgan fingerprint density at radius 2 is 0.694 bits per heavy atom. The normalized spacial score (nSPS) is 11.3. The number of alkyl halides is 2. The van der Waals surface area contributed by atoms with Crippen LogP contribution in [0, 0.1) is 0 Å². The Kier molecular flexibility index (Phi) is 19.1. The van der Waals surface area contributed by atoms with Gasteiger partial charge in [0.1, 0.15) is 24.7 Å². The van der Waals surface area contributed by atoms with Gasteiger partial charge in [-0.1, -0.05) is 56.1 Å². The Balaban J connectivity index is 1.60. The van der Waals surface area contributed by atoms with Crippen LogP contribution in [-0.2, 0) is 28.4 Å². The molecule has 0 radical (unpaired) electrons. The van der Waals surface area contributed by atoms with Gasteiger partial charge in [0.05, 0.1) is 79.3 Å². The zero-order chi connectivity index (χ0) is 25.5. The molecule has 10 heteroatoms. The molecule has 8 nitrogen and oxygen atoms in total. The number of halogens is 2. The van der Waals surface area contributed by atoms with Gasteiger partial charge in [0.25, 0.3) is 0 Å². The number of benzene rings is 2. The molecule has 0 amide bonds. The first-order chi connectivity index (χ1) is 17.9. The molecule has 204 valence electrons. The number of hydrogen-bond donors (Lipinski definition) is 0. The van der Waals surface area contributed by atoms with Crippen molar-refractivity contribution in [2.75, 3.05) is 103 Å². The lowest BCUT2D eigenvalue weighted by Crippen LogP contribution is -2.13. The van der Waals surface area contributed by atoms with Crippen molar-refractivity contribution in [1.82, 2.24) is 0 Å². The molecule has 0 fully saturated rings. The summed E-state index contributed by atoms with van der Waals surface area (Å²) in [6, 6.07) is 11.9. The second-order valence-electron chi connectivity index (χ2n) is 7.36. The van der Waals surface area contributed by atoms with E-state index in [1.54, 1.807) is 0 Å². The van der Waals surface area contributed by atoms with Crippen molar-refractivity contribution in [3.8, 4) is 11.5 Å². The highest BCUT2D eigenvalue weighted by atomic mass is 79.9. The average Bonchev–Trinajstić information content (AvgIpc) is 2.90. The van der Waals surface area contributed by atoms with Crippen molar-refractivity contribution >= 4 is 42.6 Å². The van der Waals surface area contributed by atoms with E-state index in [0.717, 1.165) is 32.9 Å². The van der Waals surface area contributed by atoms with E-state index < -0.39 is 0 Å². The molecule has 0 aliphatic carbocycles. The molecule has 0 saturated carbocycles. The van der Waals surface area contributed by atoms with Crippen molar-refractivity contribution in [2.24, 2.45) is 0 Å². The summed E-state index contributed by atoms with van der Waals surface area (Å²) in [5, 5.41) is 3.67. The van der Waals surface area contributed by atoms with Gasteiger partial charge in [0, 0.05) is 21.4 Å². The van der Waals surface area contributed by atoms with Gasteiger partial charge in [-0.2, -0.15) is 0 Å². The number of hydrogen-bond acceptors (Lipinski definition) is 8. The molecule has 2 aromatic carbocycles. The summed E-state index contributed by atoms with van der Waals surface area (Å²) < 4.78 is 44.7. The Labute approximate surface area is 231 Å². The van der Waals surface area contributed by atoms with Crippen molar-refractivity contribution in [3.63, 3.8) is 0 Å². The van der Waals surface area contributed by atoms with Crippen LogP contribution in [0.4, 0.5) is 0 Å². The second kappa shape index (κ2) is 22.0. The van der Waals surface area contributed by atoms with Gasteiger partial charge in [-0.05, 0) is 12.1 Å². The van der Waals surface area contributed by atoms with Crippen LogP contribution < -0.4 is 9.47 Å². The topological polar surface area (TPSA) is 73.8 Å². The van der Waals surface area contributed by atoms with E-state index in [-0.39, 0.29) is 0 Å². The molecule has 0 atom stereocenters. The maximum absolute atomic E-state index is 5.96. The molecule has 2 aromatic rings. The van der Waals surface area contributed by atoms with Crippen LogP contribution in [-0.4, -0.2) is 103 Å². The Morgan fingerprint density at radius 3 is 1.03 bits per heavy atom. The monoisotopic (exact) mass is 636 g/mol. The van der Waals surface area contributed by atoms with E-state index in [4.69, 9.17) is 37.9 Å². The number of rotatable bonds is 24. The minimum Gasteiger partial charge on any atom is -0.491 e. The molecule has 0 saturated heterocycles. The second-order valence-corrected chi connectivity index (χ2v) is 8.94. The van der Waals surface area contributed by atoms with Gasteiger partial charge >= 0.3 is 0 Å². The first-order valence-corrected chi connectivity index (χ1v) is 14.5. The van der Waals surface area contributed by atoms with Crippen LogP contribution in [0.3, 0.4) is 0 Å². The fourth-order valence-corrected chi connectivity index (χ4v) is 3.58. The van der Waals surface area contributed by atoms with Gasteiger partial charge in [-0.3, -0.25) is 0 Å². The predicted molar refractivity (Wildman–Crippen MR) is 147 cm³/mol. The Bertz CT molecular complexity index is 730. The smallest absolute Gasteiger partial charge is 0.127 e. The maximum Gasteiger partial charge on any atom is 0.127 e. The third-order valence-electron chi connectivity index (χ3n) is 4.74. The molecule has 0 unspecified atom stereocenters. The molecule has 0 spiro atoms. The summed E-state index contributed by atoms with van der Waals surface area (Å²) in [6.45, 7) is 7.72.